The van der Waals surface area contributed by atoms with Crippen molar-refractivity contribution in [3.63, 3.8) is 0 Å². The average Bonchev–Trinajstić information content (AvgIpc) is 2.60. The molecule has 1 atom stereocenters. The first-order valence-electron chi connectivity index (χ1n) is 7.76. The Morgan fingerprint density at radius 3 is 2.62 bits per heavy atom. The number of nitrogens with one attached hydrogen (secondary N) is 1. The summed E-state index contributed by atoms with van der Waals surface area (Å²) in [6, 6.07) is 16.1. The third kappa shape index (κ3) is 4.83. The van der Waals surface area contributed by atoms with Gasteiger partial charge in [0.2, 0.25) is 0 Å². The monoisotopic (exact) mass is 324 g/mol. The fraction of sp³-hybridized carbons (Fsp3) is 0.263. The lowest BCUT2D eigenvalue weighted by Gasteiger charge is -2.13. The van der Waals surface area contributed by atoms with Crippen molar-refractivity contribution in [3.8, 4) is 11.8 Å². The lowest BCUT2D eigenvalue weighted by atomic mass is 10.1. The molecular formula is C19H20N2O3. The highest BCUT2D eigenvalue weighted by molar-refractivity contribution is 5.94. The zero-order valence-corrected chi connectivity index (χ0v) is 13.5. The minimum absolute atomic E-state index is 0.0401. The molecule has 2 rings (SSSR count). The van der Waals surface area contributed by atoms with Crippen LogP contribution < -0.4 is 10.1 Å². The van der Waals surface area contributed by atoms with E-state index in [2.05, 4.69) is 11.4 Å². The molecule has 0 saturated carbocycles. The number of nitriles is 1. The number of hydrogen-bond donors (Lipinski definition) is 2. The van der Waals surface area contributed by atoms with Gasteiger partial charge >= 0.3 is 0 Å². The molecule has 0 spiro atoms. The van der Waals surface area contributed by atoms with Crippen molar-refractivity contribution < 1.29 is 14.6 Å². The van der Waals surface area contributed by atoms with Gasteiger partial charge in [-0.15, -0.1) is 0 Å². The number of amides is 1. The Bertz CT molecular complexity index is 720. The van der Waals surface area contributed by atoms with Gasteiger partial charge in [0, 0.05) is 23.8 Å². The van der Waals surface area contributed by atoms with Crippen LogP contribution in [0.3, 0.4) is 0 Å². The number of aliphatic hydroxyl groups excluding tert-OH is 1. The molecule has 0 unspecified atom stereocenters. The Morgan fingerprint density at radius 1 is 1.25 bits per heavy atom. The molecule has 0 aliphatic carbocycles. The van der Waals surface area contributed by atoms with Gasteiger partial charge in [-0.2, -0.15) is 5.26 Å². The summed E-state index contributed by atoms with van der Waals surface area (Å²) >= 11 is 0. The molecule has 0 bridgehead atoms. The second kappa shape index (κ2) is 8.70. The Morgan fingerprint density at radius 2 is 1.96 bits per heavy atom. The molecular weight excluding hydrogens is 304 g/mol. The van der Waals surface area contributed by atoms with E-state index in [1.165, 1.54) is 0 Å². The highest BCUT2D eigenvalue weighted by Crippen LogP contribution is 2.16. The summed E-state index contributed by atoms with van der Waals surface area (Å²) in [5.41, 5.74) is 1.94. The van der Waals surface area contributed by atoms with Gasteiger partial charge in [0.05, 0.1) is 11.6 Å². The van der Waals surface area contributed by atoms with Crippen LogP contribution in [-0.4, -0.2) is 23.7 Å². The molecule has 24 heavy (non-hydrogen) atoms. The molecule has 0 aliphatic heterocycles. The van der Waals surface area contributed by atoms with E-state index in [1.54, 1.807) is 30.3 Å². The van der Waals surface area contributed by atoms with E-state index < -0.39 is 0 Å². The third-order valence-electron chi connectivity index (χ3n) is 3.59. The largest absolute Gasteiger partial charge is 0.489 e. The first-order valence-corrected chi connectivity index (χ1v) is 7.76. The predicted molar refractivity (Wildman–Crippen MR) is 90.6 cm³/mol. The SMILES string of the molecule is C[C@H](CCO)NC(=O)c1ccc(OCc2ccccc2C#N)cc1. The lowest BCUT2D eigenvalue weighted by molar-refractivity contribution is 0.0934. The van der Waals surface area contributed by atoms with Gasteiger partial charge in [0.25, 0.3) is 5.91 Å². The molecule has 0 saturated heterocycles. The van der Waals surface area contributed by atoms with E-state index in [-0.39, 0.29) is 18.6 Å². The first-order chi connectivity index (χ1) is 11.6. The lowest BCUT2D eigenvalue weighted by Crippen LogP contribution is -2.33. The van der Waals surface area contributed by atoms with Crippen molar-refractivity contribution >= 4 is 5.91 Å². The summed E-state index contributed by atoms with van der Waals surface area (Å²) in [7, 11) is 0. The van der Waals surface area contributed by atoms with Gasteiger partial charge in [0.1, 0.15) is 12.4 Å². The van der Waals surface area contributed by atoms with Crippen molar-refractivity contribution in [2.75, 3.05) is 6.61 Å². The number of rotatable bonds is 7. The van der Waals surface area contributed by atoms with Gasteiger partial charge < -0.3 is 15.2 Å². The molecule has 0 aliphatic rings. The molecule has 5 heteroatoms. The van der Waals surface area contributed by atoms with Crippen LogP contribution in [0, 0.1) is 11.3 Å². The summed E-state index contributed by atoms with van der Waals surface area (Å²) in [6.07, 6.45) is 0.519. The van der Waals surface area contributed by atoms with E-state index in [1.807, 2.05) is 25.1 Å². The van der Waals surface area contributed by atoms with Gasteiger partial charge in [-0.1, -0.05) is 18.2 Å². The molecule has 1 amide bonds. The van der Waals surface area contributed by atoms with Crippen LogP contribution >= 0.6 is 0 Å². The smallest absolute Gasteiger partial charge is 0.251 e. The fourth-order valence-electron chi connectivity index (χ4n) is 2.19. The number of benzene rings is 2. The first kappa shape index (κ1) is 17.5. The Balaban J connectivity index is 1.95. The van der Waals surface area contributed by atoms with Crippen LogP contribution in [0.4, 0.5) is 0 Å². The summed E-state index contributed by atoms with van der Waals surface area (Å²) < 4.78 is 5.67. The summed E-state index contributed by atoms with van der Waals surface area (Å²) in [5, 5.41) is 20.7. The number of ether oxygens (including phenoxy) is 1. The molecule has 5 nitrogen and oxygen atoms in total. The van der Waals surface area contributed by atoms with E-state index in [0.29, 0.717) is 29.9 Å². The maximum absolute atomic E-state index is 12.0. The van der Waals surface area contributed by atoms with Crippen LogP contribution in [-0.2, 0) is 6.61 Å². The number of carbonyl (C=O) groups excluding carboxylic acids is 1. The fourth-order valence-corrected chi connectivity index (χ4v) is 2.19. The number of hydrogen-bond acceptors (Lipinski definition) is 4. The van der Waals surface area contributed by atoms with Crippen LogP contribution in [0.15, 0.2) is 48.5 Å². The predicted octanol–water partition coefficient (Wildman–Crippen LogP) is 2.64. The molecule has 2 aromatic rings. The van der Waals surface area contributed by atoms with Crippen molar-refractivity contribution in [1.29, 1.82) is 5.26 Å². The molecule has 2 N–H and O–H groups in total. The number of carbonyl (C=O) groups is 1. The molecule has 0 heterocycles. The zero-order chi connectivity index (χ0) is 17.4. The van der Waals surface area contributed by atoms with Crippen LogP contribution in [0.25, 0.3) is 0 Å². The second-order valence-electron chi connectivity index (χ2n) is 5.47. The van der Waals surface area contributed by atoms with E-state index in [9.17, 15) is 4.79 Å². The van der Waals surface area contributed by atoms with Gasteiger partial charge in [-0.25, -0.2) is 0 Å². The number of nitrogens with zero attached hydrogens (tertiary/aromatic N) is 1. The quantitative estimate of drug-likeness (QED) is 0.820. The summed E-state index contributed by atoms with van der Waals surface area (Å²) in [5.74, 6) is 0.444. The minimum atomic E-state index is -0.183. The van der Waals surface area contributed by atoms with Crippen molar-refractivity contribution in [2.24, 2.45) is 0 Å². The summed E-state index contributed by atoms with van der Waals surface area (Å²) in [6.45, 7) is 2.18. The van der Waals surface area contributed by atoms with Gasteiger partial charge in [-0.05, 0) is 43.7 Å². The Hall–Kier alpha value is -2.84. The molecule has 124 valence electrons. The van der Waals surface area contributed by atoms with E-state index >= 15 is 0 Å². The van der Waals surface area contributed by atoms with Crippen molar-refractivity contribution in [1.82, 2.24) is 5.32 Å². The standard InChI is InChI=1S/C19H20N2O3/c1-14(10-11-22)21-19(23)15-6-8-18(9-7-15)24-13-17-5-3-2-4-16(17)12-20/h2-9,14,22H,10-11,13H2,1H3,(H,21,23)/t14-/m1/s1. The highest BCUT2D eigenvalue weighted by atomic mass is 16.5. The van der Waals surface area contributed by atoms with Crippen LogP contribution in [0.2, 0.25) is 0 Å². The van der Waals surface area contributed by atoms with Crippen molar-refractivity contribution in [2.45, 2.75) is 26.0 Å². The Kier molecular flexibility index (Phi) is 6.35. The Labute approximate surface area is 141 Å². The molecule has 0 fully saturated rings. The normalized spacial score (nSPS) is 11.4. The highest BCUT2D eigenvalue weighted by Gasteiger charge is 2.09. The zero-order valence-electron chi connectivity index (χ0n) is 13.5. The number of aliphatic hydroxyl groups is 1. The molecule has 2 aromatic carbocycles. The topological polar surface area (TPSA) is 82.3 Å². The van der Waals surface area contributed by atoms with Gasteiger partial charge in [-0.3, -0.25) is 4.79 Å². The summed E-state index contributed by atoms with van der Waals surface area (Å²) in [4.78, 5) is 12.0. The van der Waals surface area contributed by atoms with Gasteiger partial charge in [0.15, 0.2) is 0 Å². The van der Waals surface area contributed by atoms with Crippen molar-refractivity contribution in [3.05, 3.63) is 65.2 Å². The second-order valence-corrected chi connectivity index (χ2v) is 5.47. The van der Waals surface area contributed by atoms with E-state index in [0.717, 1.165) is 5.56 Å². The van der Waals surface area contributed by atoms with Crippen LogP contribution in [0.1, 0.15) is 34.8 Å². The molecule has 0 aromatic heterocycles. The van der Waals surface area contributed by atoms with E-state index in [4.69, 9.17) is 15.1 Å². The molecule has 0 radical (unpaired) electrons. The third-order valence-corrected chi connectivity index (χ3v) is 3.59. The average molecular weight is 324 g/mol. The maximum Gasteiger partial charge on any atom is 0.251 e. The maximum atomic E-state index is 12.0. The van der Waals surface area contributed by atoms with Crippen LogP contribution in [0.5, 0.6) is 5.75 Å². The minimum Gasteiger partial charge on any atom is -0.489 e.